The van der Waals surface area contributed by atoms with Crippen molar-refractivity contribution in [3.8, 4) is 0 Å². The van der Waals surface area contributed by atoms with Crippen LogP contribution in [0.3, 0.4) is 0 Å². The summed E-state index contributed by atoms with van der Waals surface area (Å²) < 4.78 is 2.20. The molecule has 3 aromatic rings. The van der Waals surface area contributed by atoms with Gasteiger partial charge in [-0.3, -0.25) is 0 Å². The standard InChI is InChI=1S/C16H15BrN2S/c1-10-13-5-3-4-6-14(13)20-16(10)11(2)19-12-7-8-15(17)18-9-12/h3-9,11,19H,1-2H3. The van der Waals surface area contributed by atoms with E-state index in [1.54, 1.807) is 0 Å². The Hall–Kier alpha value is -1.39. The van der Waals surface area contributed by atoms with Gasteiger partial charge in [-0.15, -0.1) is 11.3 Å². The number of aryl methyl sites for hydroxylation is 1. The number of hydrogen-bond acceptors (Lipinski definition) is 3. The van der Waals surface area contributed by atoms with Crippen molar-refractivity contribution in [3.05, 3.63) is 57.6 Å². The quantitative estimate of drug-likeness (QED) is 0.629. The van der Waals surface area contributed by atoms with E-state index >= 15 is 0 Å². The van der Waals surface area contributed by atoms with E-state index in [1.165, 1.54) is 20.5 Å². The Bertz CT molecular complexity index is 734. The number of halogens is 1. The van der Waals surface area contributed by atoms with Crippen LogP contribution in [0.1, 0.15) is 23.4 Å². The first-order chi connectivity index (χ1) is 9.65. The molecule has 2 aromatic heterocycles. The summed E-state index contributed by atoms with van der Waals surface area (Å²) >= 11 is 5.22. The van der Waals surface area contributed by atoms with Gasteiger partial charge in [-0.2, -0.15) is 0 Å². The first kappa shape index (κ1) is 13.6. The molecule has 2 heterocycles. The van der Waals surface area contributed by atoms with Gasteiger partial charge in [0.15, 0.2) is 0 Å². The van der Waals surface area contributed by atoms with Crippen molar-refractivity contribution in [3.63, 3.8) is 0 Å². The van der Waals surface area contributed by atoms with Crippen LogP contribution in [0.4, 0.5) is 5.69 Å². The number of nitrogens with zero attached hydrogens (tertiary/aromatic N) is 1. The average Bonchev–Trinajstić information content (AvgIpc) is 2.79. The van der Waals surface area contributed by atoms with E-state index in [0.29, 0.717) is 0 Å². The lowest BCUT2D eigenvalue weighted by molar-refractivity contribution is 0.898. The zero-order valence-corrected chi connectivity index (χ0v) is 13.8. The molecule has 0 aliphatic rings. The van der Waals surface area contributed by atoms with Crippen molar-refractivity contribution >= 4 is 43.0 Å². The molecular formula is C16H15BrN2S. The van der Waals surface area contributed by atoms with Gasteiger partial charge in [0.1, 0.15) is 4.60 Å². The van der Waals surface area contributed by atoms with Crippen molar-refractivity contribution in [1.82, 2.24) is 4.98 Å². The van der Waals surface area contributed by atoms with Crippen molar-refractivity contribution < 1.29 is 0 Å². The molecule has 3 rings (SSSR count). The number of rotatable bonds is 3. The van der Waals surface area contributed by atoms with E-state index in [1.807, 2.05) is 29.7 Å². The van der Waals surface area contributed by atoms with E-state index in [4.69, 9.17) is 0 Å². The van der Waals surface area contributed by atoms with E-state index < -0.39 is 0 Å². The minimum Gasteiger partial charge on any atom is -0.376 e. The Morgan fingerprint density at radius 3 is 2.70 bits per heavy atom. The molecule has 20 heavy (non-hydrogen) atoms. The van der Waals surface area contributed by atoms with Crippen LogP contribution in [0.2, 0.25) is 0 Å². The second kappa shape index (κ2) is 5.54. The second-order valence-electron chi connectivity index (χ2n) is 4.82. The predicted octanol–water partition coefficient (Wildman–Crippen LogP) is 5.54. The number of anilines is 1. The van der Waals surface area contributed by atoms with Gasteiger partial charge in [0.2, 0.25) is 0 Å². The summed E-state index contributed by atoms with van der Waals surface area (Å²) in [6.07, 6.45) is 1.85. The van der Waals surface area contributed by atoms with Crippen LogP contribution < -0.4 is 5.32 Å². The summed E-state index contributed by atoms with van der Waals surface area (Å²) in [5, 5.41) is 4.87. The number of benzene rings is 1. The Kier molecular flexibility index (Phi) is 3.76. The van der Waals surface area contributed by atoms with Crippen LogP contribution in [0.5, 0.6) is 0 Å². The highest BCUT2D eigenvalue weighted by molar-refractivity contribution is 9.10. The summed E-state index contributed by atoms with van der Waals surface area (Å²) in [5.41, 5.74) is 2.41. The third kappa shape index (κ3) is 2.58. The number of thiophene rings is 1. The summed E-state index contributed by atoms with van der Waals surface area (Å²) in [6, 6.07) is 12.8. The van der Waals surface area contributed by atoms with Gasteiger partial charge in [-0.05, 0) is 58.9 Å². The van der Waals surface area contributed by atoms with Crippen LogP contribution in [-0.4, -0.2) is 4.98 Å². The summed E-state index contributed by atoms with van der Waals surface area (Å²) in [4.78, 5) is 5.63. The number of hydrogen-bond donors (Lipinski definition) is 1. The highest BCUT2D eigenvalue weighted by Gasteiger charge is 2.14. The largest absolute Gasteiger partial charge is 0.376 e. The topological polar surface area (TPSA) is 24.9 Å². The molecule has 1 atom stereocenters. The smallest absolute Gasteiger partial charge is 0.106 e. The fourth-order valence-corrected chi connectivity index (χ4v) is 3.83. The molecule has 0 bridgehead atoms. The third-order valence-corrected chi connectivity index (χ3v) is 5.31. The highest BCUT2D eigenvalue weighted by atomic mass is 79.9. The zero-order chi connectivity index (χ0) is 14.1. The molecule has 0 fully saturated rings. The minimum atomic E-state index is 0.273. The van der Waals surface area contributed by atoms with E-state index in [-0.39, 0.29) is 6.04 Å². The molecule has 0 spiro atoms. The average molecular weight is 347 g/mol. The highest BCUT2D eigenvalue weighted by Crippen LogP contribution is 2.35. The molecule has 0 radical (unpaired) electrons. The van der Waals surface area contributed by atoms with Crippen molar-refractivity contribution in [1.29, 1.82) is 0 Å². The molecule has 0 aliphatic heterocycles. The van der Waals surface area contributed by atoms with Crippen molar-refractivity contribution in [2.45, 2.75) is 19.9 Å². The fraction of sp³-hybridized carbons (Fsp3) is 0.188. The van der Waals surface area contributed by atoms with Gasteiger partial charge in [-0.1, -0.05) is 18.2 Å². The Morgan fingerprint density at radius 1 is 1.20 bits per heavy atom. The molecule has 1 aromatic carbocycles. The molecule has 2 nitrogen and oxygen atoms in total. The molecule has 0 saturated heterocycles. The maximum Gasteiger partial charge on any atom is 0.106 e. The summed E-state index contributed by atoms with van der Waals surface area (Å²) in [7, 11) is 0. The zero-order valence-electron chi connectivity index (χ0n) is 11.4. The Balaban J connectivity index is 1.90. The van der Waals surface area contributed by atoms with Gasteiger partial charge >= 0.3 is 0 Å². The minimum absolute atomic E-state index is 0.273. The van der Waals surface area contributed by atoms with Crippen LogP contribution in [0.15, 0.2) is 47.2 Å². The van der Waals surface area contributed by atoms with Gasteiger partial charge in [0.05, 0.1) is 17.9 Å². The molecular weight excluding hydrogens is 332 g/mol. The lowest BCUT2D eigenvalue weighted by Gasteiger charge is -2.14. The van der Waals surface area contributed by atoms with Gasteiger partial charge in [0.25, 0.3) is 0 Å². The molecule has 0 saturated carbocycles. The van der Waals surface area contributed by atoms with E-state index in [0.717, 1.165) is 10.3 Å². The summed E-state index contributed by atoms with van der Waals surface area (Å²) in [6.45, 7) is 4.39. The SMILES string of the molecule is Cc1c(C(C)Nc2ccc(Br)nc2)sc2ccccc12. The van der Waals surface area contributed by atoms with Crippen LogP contribution in [-0.2, 0) is 0 Å². The monoisotopic (exact) mass is 346 g/mol. The van der Waals surface area contributed by atoms with Crippen LogP contribution >= 0.6 is 27.3 Å². The van der Waals surface area contributed by atoms with Crippen LogP contribution in [0, 0.1) is 6.92 Å². The van der Waals surface area contributed by atoms with Gasteiger partial charge < -0.3 is 5.32 Å². The van der Waals surface area contributed by atoms with E-state index in [2.05, 4.69) is 64.3 Å². The number of nitrogens with one attached hydrogen (secondary N) is 1. The molecule has 1 N–H and O–H groups in total. The molecule has 102 valence electrons. The maximum absolute atomic E-state index is 4.25. The molecule has 1 unspecified atom stereocenters. The summed E-state index contributed by atoms with van der Waals surface area (Å²) in [5.74, 6) is 0. The fourth-order valence-electron chi connectivity index (χ4n) is 2.38. The van der Waals surface area contributed by atoms with Crippen LogP contribution in [0.25, 0.3) is 10.1 Å². The molecule has 0 aliphatic carbocycles. The Morgan fingerprint density at radius 2 is 2.00 bits per heavy atom. The number of pyridine rings is 1. The normalized spacial score (nSPS) is 12.6. The third-order valence-electron chi connectivity index (χ3n) is 3.38. The number of aromatic nitrogens is 1. The van der Waals surface area contributed by atoms with Gasteiger partial charge in [-0.25, -0.2) is 4.98 Å². The lowest BCUT2D eigenvalue weighted by atomic mass is 10.1. The predicted molar refractivity (Wildman–Crippen MR) is 90.5 cm³/mol. The second-order valence-corrected chi connectivity index (χ2v) is 6.72. The molecule has 4 heteroatoms. The first-order valence-electron chi connectivity index (χ1n) is 6.51. The lowest BCUT2D eigenvalue weighted by Crippen LogP contribution is -2.06. The van der Waals surface area contributed by atoms with Crippen molar-refractivity contribution in [2.75, 3.05) is 5.32 Å². The van der Waals surface area contributed by atoms with Crippen molar-refractivity contribution in [2.24, 2.45) is 0 Å². The number of fused-ring (bicyclic) bond motifs is 1. The Labute approximate surface area is 131 Å². The first-order valence-corrected chi connectivity index (χ1v) is 8.12. The van der Waals surface area contributed by atoms with E-state index in [9.17, 15) is 0 Å². The maximum atomic E-state index is 4.25. The molecule has 0 amide bonds. The van der Waals surface area contributed by atoms with Gasteiger partial charge in [0, 0.05) is 9.58 Å².